The molecule has 2 aromatic rings. The zero-order valence-corrected chi connectivity index (χ0v) is 19.8. The molecule has 2 aromatic carbocycles. The Hall–Kier alpha value is -2.57. The van der Waals surface area contributed by atoms with E-state index in [9.17, 15) is 4.79 Å². The van der Waals surface area contributed by atoms with Gasteiger partial charge in [-0.05, 0) is 55.4 Å². The van der Waals surface area contributed by atoms with Crippen LogP contribution >= 0.6 is 0 Å². The molecule has 0 bridgehead atoms. The van der Waals surface area contributed by atoms with E-state index in [1.54, 1.807) is 14.2 Å². The first-order chi connectivity index (χ1) is 16.1. The van der Waals surface area contributed by atoms with Crippen LogP contribution in [0.1, 0.15) is 43.2 Å². The average Bonchev–Trinajstić information content (AvgIpc) is 3.26. The molecule has 2 aliphatic heterocycles. The third-order valence-corrected chi connectivity index (χ3v) is 6.97. The van der Waals surface area contributed by atoms with Gasteiger partial charge in [0.05, 0.1) is 25.9 Å². The SMILES string of the molecule is COc1ccc(CCC(=O)NCC2CCC3(CCN(Cc4ccccc4)CC3)O2)cc1OC. The Balaban J connectivity index is 1.17. The third-order valence-electron chi connectivity index (χ3n) is 6.97. The van der Waals surface area contributed by atoms with Gasteiger partial charge in [-0.1, -0.05) is 36.4 Å². The molecule has 4 rings (SSSR count). The Bertz CT molecular complexity index is 910. The number of nitrogens with one attached hydrogen (secondary N) is 1. The van der Waals surface area contributed by atoms with Gasteiger partial charge in [0, 0.05) is 32.6 Å². The summed E-state index contributed by atoms with van der Waals surface area (Å²) in [4.78, 5) is 14.9. The van der Waals surface area contributed by atoms with Gasteiger partial charge in [0.2, 0.25) is 5.91 Å². The van der Waals surface area contributed by atoms with Crippen LogP contribution in [0.4, 0.5) is 0 Å². The van der Waals surface area contributed by atoms with Gasteiger partial charge in [0.15, 0.2) is 11.5 Å². The maximum Gasteiger partial charge on any atom is 0.220 e. The van der Waals surface area contributed by atoms with E-state index in [0.29, 0.717) is 30.9 Å². The molecule has 6 heteroatoms. The number of aryl methyl sites for hydroxylation is 1. The van der Waals surface area contributed by atoms with Crippen LogP contribution in [0.25, 0.3) is 0 Å². The van der Waals surface area contributed by atoms with Gasteiger partial charge in [0.25, 0.3) is 0 Å². The lowest BCUT2D eigenvalue weighted by Gasteiger charge is -2.39. The number of rotatable bonds is 9. The standard InChI is InChI=1S/C27H36N2O4/c1-31-24-10-8-21(18-25(24)32-2)9-11-26(30)28-19-23-12-13-27(33-23)14-16-29(17-15-27)20-22-6-4-3-5-7-22/h3-8,10,18,23H,9,11-17,19-20H2,1-2H3,(H,28,30). The van der Waals surface area contributed by atoms with E-state index in [1.165, 1.54) is 5.56 Å². The first-order valence-corrected chi connectivity index (χ1v) is 12.0. The smallest absolute Gasteiger partial charge is 0.220 e. The summed E-state index contributed by atoms with van der Waals surface area (Å²) in [5.74, 6) is 1.45. The second-order valence-corrected chi connectivity index (χ2v) is 9.22. The molecule has 1 amide bonds. The summed E-state index contributed by atoms with van der Waals surface area (Å²) in [6.45, 7) is 3.75. The zero-order valence-electron chi connectivity index (χ0n) is 19.8. The van der Waals surface area contributed by atoms with Gasteiger partial charge >= 0.3 is 0 Å². The fourth-order valence-electron chi connectivity index (χ4n) is 4.98. The van der Waals surface area contributed by atoms with Crippen LogP contribution in [0, 0.1) is 0 Å². The summed E-state index contributed by atoms with van der Waals surface area (Å²) in [6.07, 6.45) is 5.50. The van der Waals surface area contributed by atoms with Crippen molar-refractivity contribution < 1.29 is 19.0 Å². The Labute approximate surface area is 197 Å². The van der Waals surface area contributed by atoms with E-state index in [1.807, 2.05) is 18.2 Å². The van der Waals surface area contributed by atoms with E-state index in [0.717, 1.165) is 50.9 Å². The van der Waals surface area contributed by atoms with Crippen molar-refractivity contribution in [3.63, 3.8) is 0 Å². The molecule has 0 aliphatic carbocycles. The second kappa shape index (κ2) is 11.0. The van der Waals surface area contributed by atoms with E-state index in [2.05, 4.69) is 40.5 Å². The van der Waals surface area contributed by atoms with Crippen molar-refractivity contribution in [2.45, 2.75) is 56.8 Å². The van der Waals surface area contributed by atoms with Crippen LogP contribution in [0.15, 0.2) is 48.5 Å². The fourth-order valence-corrected chi connectivity index (χ4v) is 4.98. The minimum Gasteiger partial charge on any atom is -0.493 e. The lowest BCUT2D eigenvalue weighted by Crippen LogP contribution is -2.44. The monoisotopic (exact) mass is 452 g/mol. The van der Waals surface area contributed by atoms with E-state index in [-0.39, 0.29) is 17.6 Å². The molecule has 1 atom stereocenters. The van der Waals surface area contributed by atoms with Crippen LogP contribution in [0.5, 0.6) is 11.5 Å². The number of benzene rings is 2. The van der Waals surface area contributed by atoms with Crippen LogP contribution in [-0.4, -0.2) is 56.4 Å². The molecule has 1 unspecified atom stereocenters. The predicted octanol–water partition coefficient (Wildman–Crippen LogP) is 3.97. The lowest BCUT2D eigenvalue weighted by atomic mass is 9.88. The highest BCUT2D eigenvalue weighted by molar-refractivity contribution is 5.76. The number of carbonyl (C=O) groups excluding carboxylic acids is 1. The van der Waals surface area contributed by atoms with Gasteiger partial charge in [-0.3, -0.25) is 9.69 Å². The molecule has 178 valence electrons. The molecule has 0 saturated carbocycles. The number of methoxy groups -OCH3 is 2. The summed E-state index contributed by atoms with van der Waals surface area (Å²) >= 11 is 0. The van der Waals surface area contributed by atoms with E-state index < -0.39 is 0 Å². The maximum absolute atomic E-state index is 12.4. The minimum absolute atomic E-state index is 0.00221. The number of likely N-dealkylation sites (tertiary alicyclic amines) is 1. The van der Waals surface area contributed by atoms with Gasteiger partial charge in [-0.2, -0.15) is 0 Å². The Morgan fingerprint density at radius 1 is 1.03 bits per heavy atom. The highest BCUT2D eigenvalue weighted by atomic mass is 16.5. The summed E-state index contributed by atoms with van der Waals surface area (Å²) in [5.41, 5.74) is 2.43. The number of hydrogen-bond acceptors (Lipinski definition) is 5. The molecule has 1 N–H and O–H groups in total. The van der Waals surface area contributed by atoms with Crippen molar-refractivity contribution in [2.75, 3.05) is 33.9 Å². The molecule has 2 heterocycles. The largest absolute Gasteiger partial charge is 0.493 e. The topological polar surface area (TPSA) is 60.0 Å². The summed E-state index contributed by atoms with van der Waals surface area (Å²) < 4.78 is 17.1. The first kappa shape index (κ1) is 23.6. The minimum atomic E-state index is 0.00221. The number of piperidine rings is 1. The van der Waals surface area contributed by atoms with Crippen molar-refractivity contribution in [1.82, 2.24) is 10.2 Å². The summed E-state index contributed by atoms with van der Waals surface area (Å²) in [6, 6.07) is 16.4. The van der Waals surface area contributed by atoms with E-state index in [4.69, 9.17) is 14.2 Å². The number of amides is 1. The van der Waals surface area contributed by atoms with Gasteiger partial charge in [0.1, 0.15) is 0 Å². The Kier molecular flexibility index (Phi) is 7.89. The normalized spacial score (nSPS) is 20.0. The fraction of sp³-hybridized carbons (Fsp3) is 0.519. The molecule has 33 heavy (non-hydrogen) atoms. The Morgan fingerprint density at radius 2 is 1.79 bits per heavy atom. The van der Waals surface area contributed by atoms with Crippen LogP contribution < -0.4 is 14.8 Å². The van der Waals surface area contributed by atoms with Crippen molar-refractivity contribution in [1.29, 1.82) is 0 Å². The van der Waals surface area contributed by atoms with Crippen molar-refractivity contribution in [3.8, 4) is 11.5 Å². The van der Waals surface area contributed by atoms with Crippen LogP contribution in [0.3, 0.4) is 0 Å². The van der Waals surface area contributed by atoms with Crippen LogP contribution in [0.2, 0.25) is 0 Å². The Morgan fingerprint density at radius 3 is 2.52 bits per heavy atom. The number of nitrogens with zero attached hydrogens (tertiary/aromatic N) is 1. The maximum atomic E-state index is 12.4. The first-order valence-electron chi connectivity index (χ1n) is 12.0. The molecule has 2 saturated heterocycles. The number of ether oxygens (including phenoxy) is 3. The van der Waals surface area contributed by atoms with Gasteiger partial charge in [-0.25, -0.2) is 0 Å². The summed E-state index contributed by atoms with van der Waals surface area (Å²) in [7, 11) is 3.24. The lowest BCUT2D eigenvalue weighted by molar-refractivity contribution is -0.122. The quantitative estimate of drug-likeness (QED) is 0.624. The molecular formula is C27H36N2O4. The van der Waals surface area contributed by atoms with E-state index >= 15 is 0 Å². The molecule has 0 aromatic heterocycles. The van der Waals surface area contributed by atoms with Crippen molar-refractivity contribution in [3.05, 3.63) is 59.7 Å². The second-order valence-electron chi connectivity index (χ2n) is 9.22. The predicted molar refractivity (Wildman–Crippen MR) is 129 cm³/mol. The van der Waals surface area contributed by atoms with Crippen molar-refractivity contribution >= 4 is 5.91 Å². The summed E-state index contributed by atoms with van der Waals surface area (Å²) in [5, 5.41) is 3.08. The molecule has 2 aliphatic rings. The zero-order chi connectivity index (χ0) is 23.1. The number of hydrogen-bond donors (Lipinski definition) is 1. The van der Waals surface area contributed by atoms with Gasteiger partial charge < -0.3 is 19.5 Å². The molecule has 0 radical (unpaired) electrons. The molecule has 6 nitrogen and oxygen atoms in total. The average molecular weight is 453 g/mol. The van der Waals surface area contributed by atoms with Gasteiger partial charge in [-0.15, -0.1) is 0 Å². The molecule has 2 fully saturated rings. The highest BCUT2D eigenvalue weighted by Crippen LogP contribution is 2.39. The van der Waals surface area contributed by atoms with Crippen molar-refractivity contribution in [2.24, 2.45) is 0 Å². The highest BCUT2D eigenvalue weighted by Gasteiger charge is 2.42. The van der Waals surface area contributed by atoms with Crippen LogP contribution in [-0.2, 0) is 22.5 Å². The molecule has 1 spiro atoms. The molecular weight excluding hydrogens is 416 g/mol. The number of carbonyl (C=O) groups is 1. The third kappa shape index (κ3) is 6.27.